The molecule has 1 atom stereocenters. The van der Waals surface area contributed by atoms with Gasteiger partial charge in [-0.25, -0.2) is 4.68 Å². The van der Waals surface area contributed by atoms with E-state index in [2.05, 4.69) is 60.5 Å². The van der Waals surface area contributed by atoms with Crippen LogP contribution in [0.5, 0.6) is 5.75 Å². The van der Waals surface area contributed by atoms with Crippen LogP contribution >= 0.6 is 0 Å². The summed E-state index contributed by atoms with van der Waals surface area (Å²) in [5.74, 6) is 1.07. The van der Waals surface area contributed by atoms with Gasteiger partial charge in [0.15, 0.2) is 0 Å². The van der Waals surface area contributed by atoms with Gasteiger partial charge in [0.2, 0.25) is 0 Å². The van der Waals surface area contributed by atoms with Crippen LogP contribution < -0.4 is 4.74 Å². The van der Waals surface area contributed by atoms with Gasteiger partial charge >= 0.3 is 0 Å². The van der Waals surface area contributed by atoms with Crippen molar-refractivity contribution in [1.82, 2.24) is 14.7 Å². The second kappa shape index (κ2) is 6.29. The van der Waals surface area contributed by atoms with Crippen molar-refractivity contribution in [3.63, 3.8) is 0 Å². The molecule has 2 aliphatic heterocycles. The van der Waals surface area contributed by atoms with Crippen LogP contribution in [0.25, 0.3) is 5.69 Å². The maximum Gasteiger partial charge on any atom is 0.122 e. The van der Waals surface area contributed by atoms with Crippen LogP contribution in [-0.4, -0.2) is 27.8 Å². The monoisotopic (exact) mass is 345 g/mol. The molecule has 3 heterocycles. The zero-order chi connectivity index (χ0) is 17.5. The molecule has 4 heteroatoms. The number of benzene rings is 2. The molecule has 0 amide bonds. The van der Waals surface area contributed by atoms with E-state index in [-0.39, 0.29) is 0 Å². The zero-order valence-corrected chi connectivity index (χ0v) is 15.1. The second-order valence-corrected chi connectivity index (χ2v) is 7.24. The number of aromatic nitrogens is 2. The lowest BCUT2D eigenvalue weighted by Crippen LogP contribution is -2.32. The number of rotatable bonds is 3. The summed E-state index contributed by atoms with van der Waals surface area (Å²) in [6, 6.07) is 17.5. The highest BCUT2D eigenvalue weighted by atomic mass is 16.5. The van der Waals surface area contributed by atoms with Gasteiger partial charge in [-0.2, -0.15) is 5.10 Å². The Morgan fingerprint density at radius 3 is 2.81 bits per heavy atom. The molecule has 1 aromatic heterocycles. The first-order valence-corrected chi connectivity index (χ1v) is 9.40. The van der Waals surface area contributed by atoms with Crippen LogP contribution in [0.2, 0.25) is 0 Å². The van der Waals surface area contributed by atoms with Crippen LogP contribution in [0.3, 0.4) is 0 Å². The van der Waals surface area contributed by atoms with Gasteiger partial charge in [-0.15, -0.1) is 0 Å². The average molecular weight is 345 g/mol. The second-order valence-electron chi connectivity index (χ2n) is 7.24. The van der Waals surface area contributed by atoms with E-state index >= 15 is 0 Å². The molecule has 0 aliphatic carbocycles. The number of para-hydroxylation sites is 1. The van der Waals surface area contributed by atoms with Gasteiger partial charge in [-0.1, -0.05) is 30.3 Å². The van der Waals surface area contributed by atoms with Gasteiger partial charge in [0.25, 0.3) is 0 Å². The van der Waals surface area contributed by atoms with Crippen molar-refractivity contribution < 1.29 is 4.74 Å². The van der Waals surface area contributed by atoms with Crippen LogP contribution in [0.15, 0.2) is 54.7 Å². The van der Waals surface area contributed by atoms with Gasteiger partial charge in [-0.3, -0.25) is 4.90 Å². The molecule has 0 N–H and O–H groups in total. The Balaban J connectivity index is 1.38. The number of fused-ring (bicyclic) bond motifs is 2. The fourth-order valence-electron chi connectivity index (χ4n) is 4.03. The lowest BCUT2D eigenvalue weighted by Gasteiger charge is -2.32. The molecule has 2 aromatic carbocycles. The van der Waals surface area contributed by atoms with Crippen LogP contribution in [0.1, 0.15) is 35.3 Å². The molecule has 0 unspecified atom stereocenters. The normalized spacial score (nSPS) is 17.4. The first-order valence-electron chi connectivity index (χ1n) is 9.40. The molecule has 0 spiro atoms. The summed E-state index contributed by atoms with van der Waals surface area (Å²) in [4.78, 5) is 2.54. The van der Waals surface area contributed by atoms with Crippen LogP contribution in [0, 0.1) is 0 Å². The van der Waals surface area contributed by atoms with Crippen molar-refractivity contribution in [3.8, 4) is 11.4 Å². The summed E-state index contributed by atoms with van der Waals surface area (Å²) in [5.41, 5.74) is 6.37. The average Bonchev–Trinajstić information content (AvgIpc) is 3.33. The number of hydrogen-bond acceptors (Lipinski definition) is 3. The van der Waals surface area contributed by atoms with Crippen molar-refractivity contribution in [2.24, 2.45) is 0 Å². The highest BCUT2D eigenvalue weighted by Crippen LogP contribution is 2.32. The van der Waals surface area contributed by atoms with Crippen molar-refractivity contribution in [1.29, 1.82) is 0 Å². The Morgan fingerprint density at radius 2 is 1.92 bits per heavy atom. The summed E-state index contributed by atoms with van der Waals surface area (Å²) in [6.45, 7) is 5.10. The third kappa shape index (κ3) is 2.71. The molecule has 132 valence electrons. The van der Waals surface area contributed by atoms with E-state index in [1.807, 2.05) is 10.7 Å². The van der Waals surface area contributed by atoms with Crippen LogP contribution in [0.4, 0.5) is 0 Å². The Bertz CT molecular complexity index is 932. The van der Waals surface area contributed by atoms with E-state index in [0.29, 0.717) is 6.04 Å². The fourth-order valence-corrected chi connectivity index (χ4v) is 4.03. The highest BCUT2D eigenvalue weighted by Gasteiger charge is 2.25. The Hall–Kier alpha value is -2.59. The van der Waals surface area contributed by atoms with Crippen molar-refractivity contribution >= 4 is 0 Å². The standard InChI is InChI=1S/C22H23N3O/c1-16(18-8-7-17-10-12-26-22(17)13-18)24-11-9-21-19(14-24)15-25(23-21)20-5-3-2-4-6-20/h2-8,13,15-16H,9-12,14H2,1H3/t16-/m1/s1. The van der Waals surface area contributed by atoms with Gasteiger partial charge in [-0.05, 0) is 36.2 Å². The highest BCUT2D eigenvalue weighted by molar-refractivity contribution is 5.41. The van der Waals surface area contributed by atoms with E-state index < -0.39 is 0 Å². The van der Waals surface area contributed by atoms with Crippen LogP contribution in [-0.2, 0) is 19.4 Å². The van der Waals surface area contributed by atoms with Crippen molar-refractivity contribution in [2.45, 2.75) is 32.4 Å². The first-order chi connectivity index (χ1) is 12.8. The van der Waals surface area contributed by atoms with Gasteiger partial charge in [0.1, 0.15) is 5.75 Å². The molecule has 0 saturated heterocycles. The maximum atomic E-state index is 5.75. The van der Waals surface area contributed by atoms with E-state index in [4.69, 9.17) is 9.84 Å². The zero-order valence-electron chi connectivity index (χ0n) is 15.1. The molecular formula is C22H23N3O. The molecule has 26 heavy (non-hydrogen) atoms. The van der Waals surface area contributed by atoms with E-state index in [9.17, 15) is 0 Å². The third-order valence-corrected chi connectivity index (χ3v) is 5.66. The lowest BCUT2D eigenvalue weighted by molar-refractivity contribution is 0.191. The number of ether oxygens (including phenoxy) is 1. The summed E-state index contributed by atoms with van der Waals surface area (Å²) in [6.07, 6.45) is 4.23. The molecule has 0 bridgehead atoms. The predicted octanol–water partition coefficient (Wildman–Crippen LogP) is 3.93. The minimum Gasteiger partial charge on any atom is -0.493 e. The number of nitrogens with zero attached hydrogens (tertiary/aromatic N) is 3. The summed E-state index contributed by atoms with van der Waals surface area (Å²) in [7, 11) is 0. The summed E-state index contributed by atoms with van der Waals surface area (Å²) < 4.78 is 7.77. The minimum atomic E-state index is 0.373. The lowest BCUT2D eigenvalue weighted by atomic mass is 10.0. The predicted molar refractivity (Wildman–Crippen MR) is 102 cm³/mol. The number of hydrogen-bond donors (Lipinski definition) is 0. The maximum absolute atomic E-state index is 5.75. The molecule has 4 nitrogen and oxygen atoms in total. The fraction of sp³-hybridized carbons (Fsp3) is 0.318. The smallest absolute Gasteiger partial charge is 0.122 e. The summed E-state index contributed by atoms with van der Waals surface area (Å²) in [5, 5.41) is 4.80. The molecule has 2 aliphatic rings. The molecule has 3 aromatic rings. The molecule has 0 saturated carbocycles. The molecule has 0 radical (unpaired) electrons. The SMILES string of the molecule is C[C@H](c1ccc2c(c1)OCC2)N1CCc2nn(-c3ccccc3)cc2C1. The molecular weight excluding hydrogens is 322 g/mol. The minimum absolute atomic E-state index is 0.373. The Kier molecular flexibility index (Phi) is 3.79. The first kappa shape index (κ1) is 15.6. The largest absolute Gasteiger partial charge is 0.493 e. The third-order valence-electron chi connectivity index (χ3n) is 5.66. The Labute approximate surface area is 154 Å². The molecule has 0 fully saturated rings. The van der Waals surface area contributed by atoms with Gasteiger partial charge in [0, 0.05) is 43.7 Å². The Morgan fingerprint density at radius 1 is 1.04 bits per heavy atom. The van der Waals surface area contributed by atoms with Crippen molar-refractivity contribution in [2.75, 3.05) is 13.2 Å². The van der Waals surface area contributed by atoms with Gasteiger partial charge < -0.3 is 4.74 Å². The quantitative estimate of drug-likeness (QED) is 0.721. The topological polar surface area (TPSA) is 30.3 Å². The van der Waals surface area contributed by atoms with E-state index in [0.717, 1.165) is 44.0 Å². The van der Waals surface area contributed by atoms with E-state index in [1.165, 1.54) is 22.4 Å². The van der Waals surface area contributed by atoms with Crippen molar-refractivity contribution in [3.05, 3.63) is 77.1 Å². The summed E-state index contributed by atoms with van der Waals surface area (Å²) >= 11 is 0. The van der Waals surface area contributed by atoms with Gasteiger partial charge in [0.05, 0.1) is 18.0 Å². The van der Waals surface area contributed by atoms with E-state index in [1.54, 1.807) is 0 Å². The molecule has 5 rings (SSSR count).